The average Bonchev–Trinajstić information content (AvgIpc) is 3.15. The fraction of sp³-hybridized carbons (Fsp3) is 0.880. The monoisotopic (exact) mass is 377 g/mol. The summed E-state index contributed by atoms with van der Waals surface area (Å²) in [6, 6.07) is 0.644. The molecule has 0 saturated carbocycles. The number of rotatable bonds is 19. The summed E-state index contributed by atoms with van der Waals surface area (Å²) in [5, 5.41) is 0. The van der Waals surface area contributed by atoms with Crippen LogP contribution in [0.4, 0.5) is 0 Å². The number of hydrogen-bond donors (Lipinski definition) is 0. The van der Waals surface area contributed by atoms with Crippen LogP contribution in [-0.4, -0.2) is 4.57 Å². The molecular weight excluding hydrogens is 328 g/mol. The van der Waals surface area contributed by atoms with Crippen molar-refractivity contribution in [3.8, 4) is 0 Å². The number of aryl methyl sites for hydroxylation is 1. The van der Waals surface area contributed by atoms with Crippen molar-refractivity contribution in [3.63, 3.8) is 0 Å². The van der Waals surface area contributed by atoms with Gasteiger partial charge in [-0.25, -0.2) is 9.13 Å². The summed E-state index contributed by atoms with van der Waals surface area (Å²) in [4.78, 5) is 0. The smallest absolute Gasteiger partial charge is 0.237 e. The van der Waals surface area contributed by atoms with Crippen molar-refractivity contribution < 1.29 is 4.57 Å². The molecule has 2 heteroatoms. The van der Waals surface area contributed by atoms with E-state index >= 15 is 0 Å². The van der Waals surface area contributed by atoms with Crippen LogP contribution in [0.5, 0.6) is 0 Å². The Hall–Kier alpha value is -0.790. The van der Waals surface area contributed by atoms with Crippen LogP contribution >= 0.6 is 0 Å². The zero-order valence-corrected chi connectivity index (χ0v) is 18.9. The lowest BCUT2D eigenvalue weighted by Crippen LogP contribution is -2.31. The van der Waals surface area contributed by atoms with Crippen LogP contribution in [0, 0.1) is 0 Å². The lowest BCUT2D eigenvalue weighted by Gasteiger charge is -2.07. The fourth-order valence-electron chi connectivity index (χ4n) is 3.95. The summed E-state index contributed by atoms with van der Waals surface area (Å²) < 4.78 is 4.81. The zero-order valence-electron chi connectivity index (χ0n) is 18.9. The number of unbranched alkanes of at least 4 members (excludes halogenated alkanes) is 14. The number of aromatic nitrogens is 2. The van der Waals surface area contributed by atoms with Gasteiger partial charge in [-0.05, 0) is 32.6 Å². The Morgan fingerprint density at radius 3 is 1.70 bits per heavy atom. The molecule has 1 aromatic heterocycles. The Bertz CT molecular complexity index is 424. The van der Waals surface area contributed by atoms with Gasteiger partial charge >= 0.3 is 0 Å². The Balaban J connectivity index is 2.01. The molecule has 27 heavy (non-hydrogen) atoms. The van der Waals surface area contributed by atoms with Crippen molar-refractivity contribution in [1.82, 2.24) is 4.57 Å². The predicted molar refractivity (Wildman–Crippen MR) is 119 cm³/mol. The van der Waals surface area contributed by atoms with E-state index in [2.05, 4.69) is 48.6 Å². The third-order valence-corrected chi connectivity index (χ3v) is 5.97. The number of imidazole rings is 1. The minimum Gasteiger partial charge on any atom is -0.237 e. The molecule has 1 heterocycles. The van der Waals surface area contributed by atoms with E-state index in [9.17, 15) is 0 Å². The Morgan fingerprint density at radius 1 is 0.667 bits per heavy atom. The molecule has 0 amide bonds. The van der Waals surface area contributed by atoms with Crippen molar-refractivity contribution in [3.05, 3.63) is 18.7 Å². The van der Waals surface area contributed by atoms with Crippen LogP contribution in [0.1, 0.15) is 136 Å². The van der Waals surface area contributed by atoms with Crippen molar-refractivity contribution in [1.29, 1.82) is 0 Å². The number of nitrogens with zero attached hydrogens (tertiary/aromatic N) is 2. The standard InChI is InChI=1S/C25H49N2/c1-4-6-8-10-12-13-14-15-17-19-21-26-22-23-27(24-26)25(3)20-18-16-11-9-7-5-2/h22-25H,4-21H2,1-3H3/q+1. The predicted octanol–water partition coefficient (Wildman–Crippen LogP) is 8.01. The van der Waals surface area contributed by atoms with E-state index in [4.69, 9.17) is 0 Å². The largest absolute Gasteiger partial charge is 0.243 e. The number of hydrogen-bond acceptors (Lipinski definition) is 0. The van der Waals surface area contributed by atoms with Crippen molar-refractivity contribution in [2.24, 2.45) is 0 Å². The summed E-state index contributed by atoms with van der Waals surface area (Å²) in [6.45, 7) is 8.14. The molecule has 0 spiro atoms. The molecule has 0 aliphatic heterocycles. The van der Waals surface area contributed by atoms with Gasteiger partial charge in [-0.3, -0.25) is 0 Å². The highest BCUT2D eigenvalue weighted by Crippen LogP contribution is 2.16. The second-order valence-electron chi connectivity index (χ2n) is 8.69. The fourth-order valence-corrected chi connectivity index (χ4v) is 3.95. The van der Waals surface area contributed by atoms with Crippen molar-refractivity contribution in [2.45, 2.75) is 143 Å². The Labute approximate surface area is 170 Å². The maximum absolute atomic E-state index is 2.42. The maximum atomic E-state index is 2.42. The molecule has 0 N–H and O–H groups in total. The molecular formula is C25H49N2+. The third kappa shape index (κ3) is 13.1. The van der Waals surface area contributed by atoms with Gasteiger partial charge in [0, 0.05) is 0 Å². The van der Waals surface area contributed by atoms with Gasteiger partial charge in [-0.1, -0.05) is 97.3 Å². The van der Waals surface area contributed by atoms with Gasteiger partial charge in [-0.2, -0.15) is 0 Å². The molecule has 1 atom stereocenters. The summed E-state index contributed by atoms with van der Waals surface area (Å²) in [5.74, 6) is 0. The van der Waals surface area contributed by atoms with E-state index in [0.717, 1.165) is 0 Å². The summed E-state index contributed by atoms with van der Waals surface area (Å²) in [7, 11) is 0. The lowest BCUT2D eigenvalue weighted by atomic mass is 10.1. The van der Waals surface area contributed by atoms with Crippen LogP contribution in [0.2, 0.25) is 0 Å². The van der Waals surface area contributed by atoms with Gasteiger partial charge in [0.25, 0.3) is 0 Å². The second kappa shape index (κ2) is 17.3. The minimum atomic E-state index is 0.644. The quantitative estimate of drug-likeness (QED) is 0.170. The van der Waals surface area contributed by atoms with E-state index in [1.807, 2.05) is 0 Å². The highest BCUT2D eigenvalue weighted by molar-refractivity contribution is 4.72. The highest BCUT2D eigenvalue weighted by atomic mass is 15.1. The minimum absolute atomic E-state index is 0.644. The van der Waals surface area contributed by atoms with Crippen molar-refractivity contribution >= 4 is 0 Å². The molecule has 158 valence electrons. The van der Waals surface area contributed by atoms with E-state index in [0.29, 0.717) is 6.04 Å². The van der Waals surface area contributed by atoms with Gasteiger partial charge in [-0.15, -0.1) is 0 Å². The van der Waals surface area contributed by atoms with Crippen LogP contribution in [0.25, 0.3) is 0 Å². The molecule has 0 fully saturated rings. The van der Waals surface area contributed by atoms with Crippen LogP contribution in [0.3, 0.4) is 0 Å². The summed E-state index contributed by atoms with van der Waals surface area (Å²) in [5.41, 5.74) is 0. The molecule has 0 aromatic carbocycles. The second-order valence-corrected chi connectivity index (χ2v) is 8.69. The molecule has 0 aliphatic carbocycles. The first-order chi connectivity index (χ1) is 13.3. The first-order valence-electron chi connectivity index (χ1n) is 12.3. The molecule has 0 radical (unpaired) electrons. The van der Waals surface area contributed by atoms with Gasteiger partial charge in [0.2, 0.25) is 6.33 Å². The topological polar surface area (TPSA) is 8.81 Å². The molecule has 1 aromatic rings. The van der Waals surface area contributed by atoms with Gasteiger partial charge in [0.1, 0.15) is 12.4 Å². The van der Waals surface area contributed by atoms with E-state index in [1.165, 1.54) is 116 Å². The van der Waals surface area contributed by atoms with E-state index in [-0.39, 0.29) is 0 Å². The van der Waals surface area contributed by atoms with Gasteiger partial charge in [0.05, 0.1) is 12.6 Å². The summed E-state index contributed by atoms with van der Waals surface area (Å²) >= 11 is 0. The molecule has 0 bridgehead atoms. The molecule has 0 aliphatic rings. The third-order valence-electron chi connectivity index (χ3n) is 5.97. The normalized spacial score (nSPS) is 12.6. The summed E-state index contributed by atoms with van der Waals surface area (Å²) in [6.07, 6.45) is 30.7. The molecule has 1 rings (SSSR count). The van der Waals surface area contributed by atoms with Gasteiger partial charge < -0.3 is 0 Å². The first kappa shape index (κ1) is 24.2. The van der Waals surface area contributed by atoms with Crippen LogP contribution < -0.4 is 4.57 Å². The maximum Gasteiger partial charge on any atom is 0.243 e. The van der Waals surface area contributed by atoms with Gasteiger partial charge in [0.15, 0.2) is 0 Å². The van der Waals surface area contributed by atoms with Crippen LogP contribution in [-0.2, 0) is 6.54 Å². The van der Waals surface area contributed by atoms with Crippen molar-refractivity contribution in [2.75, 3.05) is 0 Å². The highest BCUT2D eigenvalue weighted by Gasteiger charge is 2.11. The molecule has 1 unspecified atom stereocenters. The Kier molecular flexibility index (Phi) is 15.6. The molecule has 2 nitrogen and oxygen atoms in total. The SMILES string of the molecule is CCCCCCCCCCCC[n+]1ccn(C(C)CCCCCCCC)c1. The zero-order chi connectivity index (χ0) is 19.6. The van der Waals surface area contributed by atoms with E-state index in [1.54, 1.807) is 0 Å². The van der Waals surface area contributed by atoms with Crippen LogP contribution in [0.15, 0.2) is 18.7 Å². The first-order valence-corrected chi connectivity index (χ1v) is 12.3. The molecule has 0 saturated heterocycles. The average molecular weight is 378 g/mol. The van der Waals surface area contributed by atoms with E-state index < -0.39 is 0 Å². The Morgan fingerprint density at radius 2 is 1.15 bits per heavy atom. The lowest BCUT2D eigenvalue weighted by molar-refractivity contribution is -0.697.